The Labute approximate surface area is 89.3 Å². The average molecular weight is 219 g/mol. The maximum Gasteiger partial charge on any atom is 0.171 e. The zero-order valence-corrected chi connectivity index (χ0v) is 9.43. The summed E-state index contributed by atoms with van der Waals surface area (Å²) in [6.45, 7) is 0. The number of halogens is 1. The first-order valence-corrected chi connectivity index (χ1v) is 4.88. The Bertz CT molecular complexity index is 254. The van der Waals surface area contributed by atoms with E-state index in [0.717, 1.165) is 0 Å². The molecule has 0 radical (unpaired) electrons. The topological polar surface area (TPSA) is 27.7 Å². The quantitative estimate of drug-likeness (QED) is 0.677. The van der Waals surface area contributed by atoms with Crippen LogP contribution in [0.2, 0.25) is 0 Å². The molecule has 0 saturated carbocycles. The van der Waals surface area contributed by atoms with Gasteiger partial charge in [0.25, 0.3) is 0 Å². The molecule has 0 aromatic carbocycles. The van der Waals surface area contributed by atoms with Crippen molar-refractivity contribution in [3.63, 3.8) is 0 Å². The number of hydrogen-bond acceptors (Lipinski definition) is 3. The number of methoxy groups -OCH3 is 3. The Morgan fingerprint density at radius 1 is 1.36 bits per heavy atom. The first kappa shape index (κ1) is 11.4. The van der Waals surface area contributed by atoms with Crippen molar-refractivity contribution in [1.82, 2.24) is 0 Å². The molecule has 0 N–H and O–H groups in total. The zero-order valence-electron chi connectivity index (χ0n) is 8.67. The van der Waals surface area contributed by atoms with Gasteiger partial charge in [0.2, 0.25) is 0 Å². The van der Waals surface area contributed by atoms with Gasteiger partial charge in [-0.3, -0.25) is 0 Å². The van der Waals surface area contributed by atoms with Crippen molar-refractivity contribution < 1.29 is 14.2 Å². The number of hydrogen-bond donors (Lipinski definition) is 0. The van der Waals surface area contributed by atoms with E-state index in [1.54, 1.807) is 21.3 Å². The van der Waals surface area contributed by atoms with E-state index in [1.165, 1.54) is 0 Å². The molecule has 1 rings (SSSR count). The molecular formula is C10H15ClO3. The van der Waals surface area contributed by atoms with E-state index in [4.69, 9.17) is 25.8 Å². The van der Waals surface area contributed by atoms with Gasteiger partial charge in [-0.1, -0.05) is 6.08 Å². The Kier molecular flexibility index (Phi) is 3.84. The molecule has 0 spiro atoms. The van der Waals surface area contributed by atoms with E-state index in [2.05, 4.69) is 0 Å². The van der Waals surface area contributed by atoms with Gasteiger partial charge in [-0.25, -0.2) is 0 Å². The van der Waals surface area contributed by atoms with Crippen LogP contribution in [-0.4, -0.2) is 32.8 Å². The second kappa shape index (κ2) is 4.71. The molecule has 1 aliphatic carbocycles. The lowest BCUT2D eigenvalue weighted by molar-refractivity contribution is -0.00902. The van der Waals surface area contributed by atoms with E-state index in [1.807, 2.05) is 12.2 Å². The van der Waals surface area contributed by atoms with Crippen LogP contribution in [0.4, 0.5) is 0 Å². The summed E-state index contributed by atoms with van der Waals surface area (Å²) in [6.07, 6.45) is 4.53. The third-order valence-corrected chi connectivity index (χ3v) is 2.82. The molecule has 1 atom stereocenters. The monoisotopic (exact) mass is 218 g/mol. The van der Waals surface area contributed by atoms with Gasteiger partial charge in [-0.05, 0) is 6.08 Å². The molecular weight excluding hydrogens is 204 g/mol. The minimum atomic E-state index is -0.587. The third kappa shape index (κ3) is 1.74. The van der Waals surface area contributed by atoms with Gasteiger partial charge in [0, 0.05) is 13.5 Å². The maximum atomic E-state index is 5.90. The minimum Gasteiger partial charge on any atom is -0.494 e. The van der Waals surface area contributed by atoms with Crippen LogP contribution in [-0.2, 0) is 14.2 Å². The van der Waals surface area contributed by atoms with Crippen LogP contribution in [0, 0.1) is 0 Å². The van der Waals surface area contributed by atoms with Crippen LogP contribution in [0.5, 0.6) is 0 Å². The van der Waals surface area contributed by atoms with Crippen LogP contribution in [0.1, 0.15) is 6.42 Å². The largest absolute Gasteiger partial charge is 0.494 e. The zero-order chi connectivity index (χ0) is 10.6. The third-order valence-electron chi connectivity index (χ3n) is 2.39. The van der Waals surface area contributed by atoms with Crippen LogP contribution in [0.25, 0.3) is 0 Å². The van der Waals surface area contributed by atoms with Gasteiger partial charge in [-0.2, -0.15) is 0 Å². The molecule has 1 unspecified atom stereocenters. The van der Waals surface area contributed by atoms with E-state index < -0.39 is 5.60 Å². The lowest BCUT2D eigenvalue weighted by atomic mass is 9.94. The van der Waals surface area contributed by atoms with Crippen molar-refractivity contribution in [3.8, 4) is 0 Å². The van der Waals surface area contributed by atoms with Crippen LogP contribution >= 0.6 is 11.6 Å². The van der Waals surface area contributed by atoms with Crippen molar-refractivity contribution in [2.75, 3.05) is 27.2 Å². The molecule has 0 aromatic rings. The first-order valence-electron chi connectivity index (χ1n) is 4.34. The van der Waals surface area contributed by atoms with Crippen LogP contribution in [0.15, 0.2) is 23.7 Å². The second-order valence-corrected chi connectivity index (χ2v) is 3.31. The highest BCUT2D eigenvalue weighted by molar-refractivity contribution is 6.18. The molecule has 0 heterocycles. The average Bonchev–Trinajstić information content (AvgIpc) is 2.27. The van der Waals surface area contributed by atoms with Crippen LogP contribution < -0.4 is 0 Å². The summed E-state index contributed by atoms with van der Waals surface area (Å²) < 4.78 is 15.9. The normalized spacial score (nSPS) is 26.6. The van der Waals surface area contributed by atoms with Gasteiger partial charge in [-0.15, -0.1) is 11.6 Å². The fourth-order valence-electron chi connectivity index (χ4n) is 1.54. The molecule has 0 amide bonds. The summed E-state index contributed by atoms with van der Waals surface area (Å²) >= 11 is 5.90. The lowest BCUT2D eigenvalue weighted by Gasteiger charge is -2.33. The van der Waals surface area contributed by atoms with Crippen molar-refractivity contribution in [3.05, 3.63) is 23.7 Å². The SMILES string of the molecule is COC1=C(OC)C(CCl)(OC)CC=C1. The highest BCUT2D eigenvalue weighted by Crippen LogP contribution is 2.34. The summed E-state index contributed by atoms with van der Waals surface area (Å²) in [5.74, 6) is 1.66. The Hall–Kier alpha value is -0.670. The smallest absolute Gasteiger partial charge is 0.171 e. The molecule has 3 nitrogen and oxygen atoms in total. The lowest BCUT2D eigenvalue weighted by Crippen LogP contribution is -2.38. The summed E-state index contributed by atoms with van der Waals surface area (Å²) in [6, 6.07) is 0. The van der Waals surface area contributed by atoms with Crippen molar-refractivity contribution in [1.29, 1.82) is 0 Å². The summed E-state index contributed by atoms with van der Waals surface area (Å²) in [7, 11) is 4.81. The highest BCUT2D eigenvalue weighted by Gasteiger charge is 2.38. The van der Waals surface area contributed by atoms with E-state index >= 15 is 0 Å². The number of alkyl halides is 1. The van der Waals surface area contributed by atoms with Gasteiger partial charge in [0.15, 0.2) is 11.5 Å². The molecule has 0 bridgehead atoms. The highest BCUT2D eigenvalue weighted by atomic mass is 35.5. The molecule has 0 fully saturated rings. The van der Waals surface area contributed by atoms with Gasteiger partial charge >= 0.3 is 0 Å². The van der Waals surface area contributed by atoms with E-state index in [-0.39, 0.29) is 0 Å². The number of ether oxygens (including phenoxy) is 3. The Morgan fingerprint density at radius 2 is 2.07 bits per heavy atom. The molecule has 0 aliphatic heterocycles. The molecule has 80 valence electrons. The molecule has 1 aliphatic rings. The van der Waals surface area contributed by atoms with Gasteiger partial charge < -0.3 is 14.2 Å². The molecule has 0 aromatic heterocycles. The van der Waals surface area contributed by atoms with Crippen molar-refractivity contribution in [2.24, 2.45) is 0 Å². The predicted molar refractivity (Wildman–Crippen MR) is 55.3 cm³/mol. The fraction of sp³-hybridized carbons (Fsp3) is 0.600. The van der Waals surface area contributed by atoms with Crippen molar-refractivity contribution >= 4 is 11.6 Å². The van der Waals surface area contributed by atoms with E-state index in [9.17, 15) is 0 Å². The Morgan fingerprint density at radius 3 is 2.50 bits per heavy atom. The first-order chi connectivity index (χ1) is 6.74. The van der Waals surface area contributed by atoms with Crippen LogP contribution in [0.3, 0.4) is 0 Å². The van der Waals surface area contributed by atoms with E-state index in [0.29, 0.717) is 23.8 Å². The molecule has 14 heavy (non-hydrogen) atoms. The summed E-state index contributed by atoms with van der Waals surface area (Å²) in [4.78, 5) is 0. The summed E-state index contributed by atoms with van der Waals surface area (Å²) in [5.41, 5.74) is -0.587. The van der Waals surface area contributed by atoms with Crippen molar-refractivity contribution in [2.45, 2.75) is 12.0 Å². The number of allylic oxidation sites excluding steroid dienone is 1. The Balaban J connectivity index is 3.10. The number of rotatable bonds is 4. The van der Waals surface area contributed by atoms with Gasteiger partial charge in [0.05, 0.1) is 20.1 Å². The minimum absolute atomic E-state index is 0.337. The maximum absolute atomic E-state index is 5.90. The van der Waals surface area contributed by atoms with Gasteiger partial charge in [0.1, 0.15) is 5.60 Å². The second-order valence-electron chi connectivity index (χ2n) is 3.04. The molecule has 4 heteroatoms. The summed E-state index contributed by atoms with van der Waals surface area (Å²) in [5, 5.41) is 0. The fourth-order valence-corrected chi connectivity index (χ4v) is 1.88. The predicted octanol–water partition coefficient (Wildman–Crippen LogP) is 2.07. The standard InChI is InChI=1S/C10H15ClO3/c1-12-8-5-4-6-10(7-11,14-3)9(8)13-2/h4-5H,6-7H2,1-3H3. The molecule has 0 saturated heterocycles.